The number of aliphatic carboxylic acids is 1. The van der Waals surface area contributed by atoms with E-state index in [-0.39, 0.29) is 17.1 Å². The molecule has 0 amide bonds. The normalized spacial score (nSPS) is 17.5. The van der Waals surface area contributed by atoms with Gasteiger partial charge in [-0.1, -0.05) is 0 Å². The number of pyridine rings is 2. The van der Waals surface area contributed by atoms with Gasteiger partial charge in [-0.2, -0.15) is 0 Å². The summed E-state index contributed by atoms with van der Waals surface area (Å²) in [6.45, 7) is 2.29. The number of halogens is 1. The standard InChI is InChI=1S/C29H29FN6O6/c1-29(12-37,13-38)25-21(28(40)41)24(39)17-7-14(10-32-26(17)35-25)18-11-33-27-20(23(18)36-3-5-42-6-4-36)16-8-15(30)9-19(31-2)22(16)34-27/h7-11,21,31,37-38H,3-6,12-13H2,1-2H3,(H,33,34)(H,40,41). The van der Waals surface area contributed by atoms with E-state index in [0.29, 0.717) is 65.1 Å². The van der Waals surface area contributed by atoms with Crippen molar-refractivity contribution in [3.63, 3.8) is 0 Å². The number of nitrogens with one attached hydrogen (secondary N) is 2. The number of ether oxygens (including phenoxy) is 1. The maximum absolute atomic E-state index is 14.7. The van der Waals surface area contributed by atoms with Crippen LogP contribution in [0, 0.1) is 17.2 Å². The van der Waals surface area contributed by atoms with E-state index in [2.05, 4.69) is 30.2 Å². The molecule has 2 aliphatic heterocycles. The number of carboxylic acid groups (broad SMARTS) is 1. The first kappa shape index (κ1) is 27.7. The first-order valence-corrected chi connectivity index (χ1v) is 13.4. The summed E-state index contributed by atoms with van der Waals surface area (Å²) in [5.74, 6) is -4.31. The summed E-state index contributed by atoms with van der Waals surface area (Å²) in [4.78, 5) is 44.7. The molecule has 5 N–H and O–H groups in total. The lowest BCUT2D eigenvalue weighted by molar-refractivity contribution is -0.138. The molecule has 0 aliphatic carbocycles. The minimum atomic E-state index is -1.70. The number of carbonyl (C=O) groups is 2. The van der Waals surface area contributed by atoms with E-state index >= 15 is 0 Å². The van der Waals surface area contributed by atoms with Crippen molar-refractivity contribution >= 4 is 56.6 Å². The van der Waals surface area contributed by atoms with Gasteiger partial charge in [-0.25, -0.2) is 19.4 Å². The van der Waals surface area contributed by atoms with Crippen LogP contribution in [0.3, 0.4) is 0 Å². The lowest BCUT2D eigenvalue weighted by atomic mass is 9.75. The van der Waals surface area contributed by atoms with Gasteiger partial charge in [-0.3, -0.25) is 9.59 Å². The highest BCUT2D eigenvalue weighted by Gasteiger charge is 2.46. The molecule has 1 unspecified atom stereocenters. The molecule has 0 bridgehead atoms. The van der Waals surface area contributed by atoms with Crippen molar-refractivity contribution in [1.29, 1.82) is 0 Å². The largest absolute Gasteiger partial charge is 0.480 e. The maximum Gasteiger partial charge on any atom is 0.320 e. The number of aliphatic hydroxyl groups is 2. The van der Waals surface area contributed by atoms with Gasteiger partial charge in [0.2, 0.25) is 0 Å². The summed E-state index contributed by atoms with van der Waals surface area (Å²) in [5.41, 5.74) is 2.07. The third kappa shape index (κ3) is 4.28. The molecule has 1 atom stereocenters. The first-order chi connectivity index (χ1) is 20.2. The second-order valence-corrected chi connectivity index (χ2v) is 10.7. The van der Waals surface area contributed by atoms with E-state index in [9.17, 15) is 29.3 Å². The lowest BCUT2D eigenvalue weighted by Crippen LogP contribution is -2.47. The predicted octanol–water partition coefficient (Wildman–Crippen LogP) is 2.76. The summed E-state index contributed by atoms with van der Waals surface area (Å²) in [5, 5.41) is 34.1. The summed E-state index contributed by atoms with van der Waals surface area (Å²) >= 11 is 0. The number of benzene rings is 1. The van der Waals surface area contributed by atoms with Crippen LogP contribution in [0.4, 0.5) is 21.6 Å². The van der Waals surface area contributed by atoms with E-state index in [4.69, 9.17) is 4.74 Å². The van der Waals surface area contributed by atoms with E-state index in [0.717, 1.165) is 5.69 Å². The number of aliphatic imine (C=N–C) groups is 1. The second-order valence-electron chi connectivity index (χ2n) is 10.7. The molecule has 12 nitrogen and oxygen atoms in total. The van der Waals surface area contributed by atoms with Crippen LogP contribution in [-0.4, -0.2) is 94.3 Å². The number of aromatic amines is 1. The van der Waals surface area contributed by atoms with E-state index in [1.807, 2.05) is 0 Å². The molecule has 218 valence electrons. The van der Waals surface area contributed by atoms with Gasteiger partial charge in [0.1, 0.15) is 11.5 Å². The molecule has 1 aromatic carbocycles. The molecule has 2 aliphatic rings. The monoisotopic (exact) mass is 576 g/mol. The molecular formula is C29H29FN6O6. The Kier molecular flexibility index (Phi) is 6.87. The Labute approximate surface area is 238 Å². The average molecular weight is 577 g/mol. The quantitative estimate of drug-likeness (QED) is 0.206. The van der Waals surface area contributed by atoms with Crippen molar-refractivity contribution in [2.75, 3.05) is 56.8 Å². The highest BCUT2D eigenvalue weighted by molar-refractivity contribution is 6.28. The maximum atomic E-state index is 14.7. The van der Waals surface area contributed by atoms with Crippen molar-refractivity contribution in [2.45, 2.75) is 6.92 Å². The summed E-state index contributed by atoms with van der Waals surface area (Å²) in [7, 11) is 1.71. The fourth-order valence-electron chi connectivity index (χ4n) is 5.69. The smallest absolute Gasteiger partial charge is 0.320 e. The van der Waals surface area contributed by atoms with Gasteiger partial charge in [0.05, 0.1) is 65.4 Å². The number of aromatic nitrogens is 3. The number of carbonyl (C=O) groups excluding carboxylic acids is 1. The van der Waals surface area contributed by atoms with Crippen molar-refractivity contribution in [2.24, 2.45) is 16.3 Å². The molecule has 0 saturated carbocycles. The van der Waals surface area contributed by atoms with Gasteiger partial charge in [0, 0.05) is 49.0 Å². The number of anilines is 2. The number of nitrogens with zero attached hydrogens (tertiary/aromatic N) is 4. The lowest BCUT2D eigenvalue weighted by Gasteiger charge is -2.33. The predicted molar refractivity (Wildman–Crippen MR) is 154 cm³/mol. The van der Waals surface area contributed by atoms with Gasteiger partial charge < -0.3 is 35.3 Å². The van der Waals surface area contributed by atoms with Gasteiger partial charge >= 0.3 is 5.97 Å². The van der Waals surface area contributed by atoms with Gasteiger partial charge in [-0.15, -0.1) is 0 Å². The molecule has 13 heteroatoms. The molecule has 6 rings (SSSR count). The van der Waals surface area contributed by atoms with Gasteiger partial charge in [0.15, 0.2) is 17.5 Å². The number of ketones is 1. The fraction of sp³-hybridized carbons (Fsp3) is 0.345. The zero-order chi connectivity index (χ0) is 29.8. The summed E-state index contributed by atoms with van der Waals surface area (Å²) in [6, 6.07) is 4.39. The highest BCUT2D eigenvalue weighted by atomic mass is 19.1. The Balaban J connectivity index is 1.59. The number of aliphatic hydroxyl groups excluding tert-OH is 2. The number of fused-ring (bicyclic) bond motifs is 4. The number of H-pyrrole nitrogens is 1. The number of rotatable bonds is 7. The minimum absolute atomic E-state index is 0.000776. The molecule has 1 fully saturated rings. The number of Topliss-reactive ketones (excluding diaryl/α,β-unsaturated/α-hetero) is 1. The van der Waals surface area contributed by atoms with Gasteiger partial charge in [0.25, 0.3) is 0 Å². The summed E-state index contributed by atoms with van der Waals surface area (Å²) in [6.07, 6.45) is 3.16. The average Bonchev–Trinajstić information content (AvgIpc) is 3.38. The first-order valence-electron chi connectivity index (χ1n) is 13.4. The van der Waals surface area contributed by atoms with Crippen molar-refractivity contribution < 1.29 is 34.0 Å². The Morgan fingerprint density at radius 1 is 1.17 bits per heavy atom. The second kappa shape index (κ2) is 10.4. The van der Waals surface area contributed by atoms with Crippen LogP contribution in [0.1, 0.15) is 17.3 Å². The number of carboxylic acids is 1. The molecule has 3 aromatic heterocycles. The molecule has 5 heterocycles. The molecule has 0 spiro atoms. The Bertz CT molecular complexity index is 1780. The van der Waals surface area contributed by atoms with Crippen molar-refractivity contribution in [3.8, 4) is 11.1 Å². The Morgan fingerprint density at radius 3 is 2.57 bits per heavy atom. The van der Waals surface area contributed by atoms with Crippen molar-refractivity contribution in [3.05, 3.63) is 42.0 Å². The fourth-order valence-corrected chi connectivity index (χ4v) is 5.69. The molecule has 42 heavy (non-hydrogen) atoms. The molecule has 0 radical (unpaired) electrons. The van der Waals surface area contributed by atoms with Crippen LogP contribution in [0.25, 0.3) is 33.1 Å². The van der Waals surface area contributed by atoms with Crippen LogP contribution < -0.4 is 10.2 Å². The van der Waals surface area contributed by atoms with Crippen LogP contribution in [0.2, 0.25) is 0 Å². The van der Waals surface area contributed by atoms with Crippen LogP contribution in [-0.2, 0) is 9.53 Å². The summed E-state index contributed by atoms with van der Waals surface area (Å²) < 4.78 is 20.3. The van der Waals surface area contributed by atoms with E-state index in [1.165, 1.54) is 31.3 Å². The SMILES string of the molecule is CNc1cc(F)cc2c1[nH]c1ncc(-c3cnc4c(c3)C(=O)C(C(=O)O)C(C(C)(CO)CO)=N4)c(N3CCOCC3)c12. The molecule has 4 aromatic rings. The highest BCUT2D eigenvalue weighted by Crippen LogP contribution is 2.43. The van der Waals surface area contributed by atoms with Crippen LogP contribution in [0.5, 0.6) is 0 Å². The zero-order valence-corrected chi connectivity index (χ0v) is 22.9. The topological polar surface area (TPSA) is 173 Å². The van der Waals surface area contributed by atoms with E-state index < -0.39 is 42.1 Å². The van der Waals surface area contributed by atoms with Gasteiger partial charge in [-0.05, 0) is 25.1 Å². The van der Waals surface area contributed by atoms with E-state index in [1.54, 1.807) is 13.2 Å². The zero-order valence-electron chi connectivity index (χ0n) is 22.9. The number of hydrogen-bond acceptors (Lipinski definition) is 10. The Hall–Kier alpha value is -4.46. The number of morpholine rings is 1. The van der Waals surface area contributed by atoms with Crippen LogP contribution >= 0.6 is 0 Å². The van der Waals surface area contributed by atoms with Crippen molar-refractivity contribution in [1.82, 2.24) is 15.0 Å². The third-order valence-electron chi connectivity index (χ3n) is 8.03. The number of hydrogen-bond donors (Lipinski definition) is 5. The third-order valence-corrected chi connectivity index (χ3v) is 8.03. The van der Waals surface area contributed by atoms with Crippen LogP contribution in [0.15, 0.2) is 35.6 Å². The molecular weight excluding hydrogens is 547 g/mol. The Morgan fingerprint density at radius 2 is 1.90 bits per heavy atom. The molecule has 1 saturated heterocycles. The minimum Gasteiger partial charge on any atom is -0.480 e.